The van der Waals surface area contributed by atoms with Gasteiger partial charge in [0.15, 0.2) is 0 Å². The van der Waals surface area contributed by atoms with E-state index in [1.807, 2.05) is 28.0 Å². The molecule has 2 aromatic carbocycles. The van der Waals surface area contributed by atoms with Crippen molar-refractivity contribution in [1.29, 1.82) is 0 Å². The Labute approximate surface area is 244 Å². The van der Waals surface area contributed by atoms with E-state index in [9.17, 15) is 9.59 Å². The summed E-state index contributed by atoms with van der Waals surface area (Å²) in [6.07, 6.45) is 7.53. The molecule has 0 saturated carbocycles. The lowest BCUT2D eigenvalue weighted by Crippen LogP contribution is -2.36. The van der Waals surface area contributed by atoms with Crippen LogP contribution < -0.4 is 9.80 Å². The van der Waals surface area contributed by atoms with Crippen LogP contribution in [0.5, 0.6) is 0 Å². The topological polar surface area (TPSA) is 56.3 Å². The Kier molecular flexibility index (Phi) is 10.00. The molecular formula is C32H43ClN4O3. The van der Waals surface area contributed by atoms with Gasteiger partial charge in [-0.15, -0.1) is 0 Å². The molecule has 3 heterocycles. The number of hydrogen-bond acceptors (Lipinski definition) is 5. The van der Waals surface area contributed by atoms with Crippen LogP contribution >= 0.6 is 11.6 Å². The van der Waals surface area contributed by atoms with E-state index in [4.69, 9.17) is 16.3 Å². The second-order valence-corrected chi connectivity index (χ2v) is 11.8. The van der Waals surface area contributed by atoms with Gasteiger partial charge < -0.3 is 19.4 Å². The van der Waals surface area contributed by atoms with Crippen LogP contribution in [0.1, 0.15) is 73.4 Å². The second kappa shape index (κ2) is 13.8. The van der Waals surface area contributed by atoms with Gasteiger partial charge in [-0.05, 0) is 61.1 Å². The summed E-state index contributed by atoms with van der Waals surface area (Å²) in [6, 6.07) is 12.2. The van der Waals surface area contributed by atoms with Gasteiger partial charge in [0.25, 0.3) is 5.91 Å². The first-order valence-corrected chi connectivity index (χ1v) is 15.4. The van der Waals surface area contributed by atoms with Gasteiger partial charge in [0.2, 0.25) is 5.91 Å². The molecule has 0 aromatic heterocycles. The quantitative estimate of drug-likeness (QED) is 0.473. The first kappa shape index (κ1) is 28.9. The lowest BCUT2D eigenvalue weighted by Gasteiger charge is -2.31. The fourth-order valence-corrected chi connectivity index (χ4v) is 6.38. The number of fused-ring (bicyclic) bond motifs is 1. The highest BCUT2D eigenvalue weighted by Gasteiger charge is 2.24. The average Bonchev–Trinajstić information content (AvgIpc) is 3.49. The zero-order valence-electron chi connectivity index (χ0n) is 23.9. The van der Waals surface area contributed by atoms with Crippen molar-refractivity contribution >= 4 is 34.8 Å². The average molecular weight is 567 g/mol. The van der Waals surface area contributed by atoms with Gasteiger partial charge >= 0.3 is 0 Å². The smallest absolute Gasteiger partial charge is 0.254 e. The Morgan fingerprint density at radius 2 is 1.50 bits per heavy atom. The summed E-state index contributed by atoms with van der Waals surface area (Å²) in [7, 11) is 0. The molecule has 5 rings (SSSR count). The zero-order valence-corrected chi connectivity index (χ0v) is 24.6. The fraction of sp³-hybridized carbons (Fsp3) is 0.562. The van der Waals surface area contributed by atoms with Crippen LogP contribution in [0.3, 0.4) is 0 Å². The molecular weight excluding hydrogens is 524 g/mol. The minimum atomic E-state index is 0.0203. The molecule has 3 aliphatic rings. The van der Waals surface area contributed by atoms with Crippen molar-refractivity contribution < 1.29 is 14.3 Å². The van der Waals surface area contributed by atoms with E-state index in [0.717, 1.165) is 108 Å². The maximum absolute atomic E-state index is 14.0. The van der Waals surface area contributed by atoms with E-state index in [2.05, 4.69) is 28.0 Å². The maximum atomic E-state index is 14.0. The number of anilines is 2. The van der Waals surface area contributed by atoms with Gasteiger partial charge in [-0.25, -0.2) is 0 Å². The molecule has 0 N–H and O–H groups in total. The van der Waals surface area contributed by atoms with Crippen LogP contribution in [-0.4, -0.2) is 74.1 Å². The number of morpholine rings is 1. The van der Waals surface area contributed by atoms with Crippen molar-refractivity contribution in [1.82, 2.24) is 9.80 Å². The Morgan fingerprint density at radius 3 is 2.25 bits per heavy atom. The van der Waals surface area contributed by atoms with Gasteiger partial charge in [-0.1, -0.05) is 43.0 Å². The molecule has 0 radical (unpaired) electrons. The van der Waals surface area contributed by atoms with Crippen molar-refractivity contribution in [2.75, 3.05) is 62.3 Å². The lowest BCUT2D eigenvalue weighted by atomic mass is 10.0. The summed E-state index contributed by atoms with van der Waals surface area (Å²) in [5.74, 6) is 0.0690. The van der Waals surface area contributed by atoms with Gasteiger partial charge in [-0.2, -0.15) is 0 Å². The Balaban J connectivity index is 1.45. The molecule has 2 fully saturated rings. The van der Waals surface area contributed by atoms with Gasteiger partial charge in [0.05, 0.1) is 23.9 Å². The van der Waals surface area contributed by atoms with Crippen LogP contribution in [-0.2, 0) is 22.6 Å². The molecule has 0 aliphatic carbocycles. The Bertz CT molecular complexity index is 1180. The highest BCUT2D eigenvalue weighted by atomic mass is 35.5. The third-order valence-corrected chi connectivity index (χ3v) is 8.75. The van der Waals surface area contributed by atoms with Gasteiger partial charge in [0.1, 0.15) is 0 Å². The lowest BCUT2D eigenvalue weighted by molar-refractivity contribution is -0.116. The van der Waals surface area contributed by atoms with Crippen LogP contribution in [0.25, 0.3) is 0 Å². The number of carbonyl (C=O) groups is 2. The van der Waals surface area contributed by atoms with Crippen LogP contribution in [0.2, 0.25) is 5.02 Å². The molecule has 8 heteroatoms. The first-order chi connectivity index (χ1) is 19.5. The number of ether oxygens (including phenoxy) is 1. The van der Waals surface area contributed by atoms with Crippen molar-refractivity contribution in [3.8, 4) is 0 Å². The molecule has 2 amide bonds. The third kappa shape index (κ3) is 7.17. The van der Waals surface area contributed by atoms with E-state index in [1.165, 1.54) is 5.56 Å². The number of halogens is 1. The summed E-state index contributed by atoms with van der Waals surface area (Å²) < 4.78 is 5.53. The van der Waals surface area contributed by atoms with Gasteiger partial charge in [-0.3, -0.25) is 14.5 Å². The molecule has 0 spiro atoms. The van der Waals surface area contributed by atoms with Crippen molar-refractivity contribution in [3.05, 3.63) is 58.1 Å². The molecule has 0 unspecified atom stereocenters. The molecule has 2 saturated heterocycles. The van der Waals surface area contributed by atoms with Crippen LogP contribution in [0, 0.1) is 0 Å². The normalized spacial score (nSPS) is 19.6. The van der Waals surface area contributed by atoms with E-state index < -0.39 is 0 Å². The highest BCUT2D eigenvalue weighted by Crippen LogP contribution is 2.32. The number of hydrogen-bond donors (Lipinski definition) is 0. The largest absolute Gasteiger partial charge is 0.379 e. The third-order valence-electron chi connectivity index (χ3n) is 8.43. The molecule has 7 nitrogen and oxygen atoms in total. The number of carbonyl (C=O) groups excluding carboxylic acids is 2. The second-order valence-electron chi connectivity index (χ2n) is 11.4. The highest BCUT2D eigenvalue weighted by molar-refractivity contribution is 6.33. The molecule has 3 aliphatic heterocycles. The number of rotatable bonds is 4. The van der Waals surface area contributed by atoms with E-state index in [1.54, 1.807) is 6.92 Å². The number of nitrogens with zero attached hydrogens (tertiary/aromatic N) is 4. The minimum absolute atomic E-state index is 0.0203. The van der Waals surface area contributed by atoms with E-state index in [0.29, 0.717) is 30.2 Å². The van der Waals surface area contributed by atoms with Crippen LogP contribution in [0.15, 0.2) is 36.4 Å². The van der Waals surface area contributed by atoms with Crippen molar-refractivity contribution in [2.45, 2.75) is 65.0 Å². The maximum Gasteiger partial charge on any atom is 0.254 e. The fourth-order valence-electron chi connectivity index (χ4n) is 6.15. The number of amides is 2. The number of benzene rings is 2. The Hall–Kier alpha value is -2.61. The minimum Gasteiger partial charge on any atom is -0.379 e. The molecule has 2 aromatic rings. The monoisotopic (exact) mass is 566 g/mol. The van der Waals surface area contributed by atoms with Crippen molar-refractivity contribution in [2.24, 2.45) is 0 Å². The first-order valence-electron chi connectivity index (χ1n) is 15.0. The predicted octanol–water partition coefficient (Wildman–Crippen LogP) is 5.73. The molecule has 216 valence electrons. The summed E-state index contributed by atoms with van der Waals surface area (Å²) in [5, 5.41) is 0.697. The summed E-state index contributed by atoms with van der Waals surface area (Å²) in [6.45, 7) is 9.63. The summed E-state index contributed by atoms with van der Waals surface area (Å²) >= 11 is 6.57. The molecule has 0 bridgehead atoms. The van der Waals surface area contributed by atoms with Gasteiger partial charge in [0, 0.05) is 70.5 Å². The predicted molar refractivity (Wildman–Crippen MR) is 161 cm³/mol. The summed E-state index contributed by atoms with van der Waals surface area (Å²) in [5.41, 5.74) is 4.77. The van der Waals surface area contributed by atoms with E-state index >= 15 is 0 Å². The zero-order chi connectivity index (χ0) is 27.9. The SMILES string of the molecule is CC(=O)N1CCCCCCCN(C(=O)c2ccc(Cl)c(N3CCCC3)c2)Cc2ccc(CN3CCOCC3)cc21. The molecule has 0 atom stereocenters. The van der Waals surface area contributed by atoms with E-state index in [-0.39, 0.29) is 11.8 Å². The van der Waals surface area contributed by atoms with Crippen LogP contribution in [0.4, 0.5) is 11.4 Å². The Morgan fingerprint density at radius 1 is 0.800 bits per heavy atom. The molecule has 40 heavy (non-hydrogen) atoms. The van der Waals surface area contributed by atoms with Crippen molar-refractivity contribution in [3.63, 3.8) is 0 Å². The standard InChI is InChI=1S/C32H43ClN4O3/c1-25(38)37-16-6-4-2-3-5-15-36(32(39)27-11-12-29(33)31(22-27)35-13-7-8-14-35)24-28-10-9-26(21-30(28)37)23-34-17-19-40-20-18-34/h9-12,21-22H,2-8,13-20,23-24H2,1H3. The summed E-state index contributed by atoms with van der Waals surface area (Å²) in [4.78, 5) is 35.5.